The Bertz CT molecular complexity index is 1910. The average Bonchev–Trinajstić information content (AvgIpc) is 3.36. The van der Waals surface area contributed by atoms with Crippen molar-refractivity contribution in [1.82, 2.24) is 19.6 Å². The van der Waals surface area contributed by atoms with Crippen LogP contribution < -0.4 is 21.1 Å². The van der Waals surface area contributed by atoms with Crippen LogP contribution in [0, 0.1) is 11.6 Å². The SMILES string of the molecule is CNc1cc(F)c(F)c2c1[nH]c1ncc(-c3cnc4c(c3)c(=O)c(C(=O)O)cn4NC3CCOCC3)c(N(C)C)c12. The summed E-state index contributed by atoms with van der Waals surface area (Å²) in [5.74, 6) is -3.39. The number of carbonyl (C=O) groups is 1. The molecule has 1 aliphatic heterocycles. The molecule has 0 spiro atoms. The Morgan fingerprint density at radius 2 is 1.93 bits per heavy atom. The second kappa shape index (κ2) is 10.0. The van der Waals surface area contributed by atoms with Gasteiger partial charge in [-0.3, -0.25) is 4.79 Å². The van der Waals surface area contributed by atoms with E-state index in [1.807, 2.05) is 0 Å². The lowest BCUT2D eigenvalue weighted by atomic mass is 10.0. The molecular weight excluding hydrogens is 536 g/mol. The number of rotatable bonds is 6. The number of carboxylic acid groups (broad SMARTS) is 1. The summed E-state index contributed by atoms with van der Waals surface area (Å²) < 4.78 is 36.8. The largest absolute Gasteiger partial charge is 0.477 e. The first-order valence-electron chi connectivity index (χ1n) is 13.0. The molecule has 1 aliphatic rings. The number of anilines is 2. The number of aromatic nitrogens is 4. The Labute approximate surface area is 231 Å². The highest BCUT2D eigenvalue weighted by atomic mass is 19.2. The van der Waals surface area contributed by atoms with E-state index in [0.29, 0.717) is 65.1 Å². The van der Waals surface area contributed by atoms with Gasteiger partial charge in [-0.15, -0.1) is 0 Å². The van der Waals surface area contributed by atoms with Crippen LogP contribution in [0.1, 0.15) is 23.2 Å². The van der Waals surface area contributed by atoms with Gasteiger partial charge in [-0.05, 0) is 18.9 Å². The molecule has 6 rings (SSSR count). The Kier molecular flexibility index (Phi) is 6.45. The Morgan fingerprint density at radius 3 is 2.61 bits per heavy atom. The molecule has 0 aliphatic carbocycles. The van der Waals surface area contributed by atoms with E-state index in [1.54, 1.807) is 44.5 Å². The monoisotopic (exact) mass is 563 g/mol. The van der Waals surface area contributed by atoms with Crippen LogP contribution in [0.15, 0.2) is 35.5 Å². The zero-order valence-electron chi connectivity index (χ0n) is 22.5. The lowest BCUT2D eigenvalue weighted by Crippen LogP contribution is -2.35. The standard InChI is InChI=1S/C28H27F2N7O4/c1-31-19-9-18(29)22(30)20-21-24(36(2)3)16(11-32-26(21)34-23(19)20)13-8-15-25(38)17(28(39)40)12-37(27(15)33-10-13)35-14-4-6-41-7-5-14/h8-12,14,31,35H,4-7H2,1-3H3,(H,32,34)(H,39,40). The first-order valence-corrected chi connectivity index (χ1v) is 13.0. The van der Waals surface area contributed by atoms with Gasteiger partial charge in [0.1, 0.15) is 11.2 Å². The van der Waals surface area contributed by atoms with Crippen molar-refractivity contribution in [3.8, 4) is 11.1 Å². The van der Waals surface area contributed by atoms with E-state index in [4.69, 9.17) is 4.74 Å². The van der Waals surface area contributed by atoms with Crippen LogP contribution in [0.2, 0.25) is 0 Å². The number of hydrogen-bond donors (Lipinski definition) is 4. The molecule has 0 amide bonds. The van der Waals surface area contributed by atoms with Crippen LogP contribution in [-0.2, 0) is 4.74 Å². The predicted molar refractivity (Wildman–Crippen MR) is 153 cm³/mol. The summed E-state index contributed by atoms with van der Waals surface area (Å²) in [7, 11) is 5.13. The Hall–Kier alpha value is -4.78. The summed E-state index contributed by atoms with van der Waals surface area (Å²) in [5, 5.41) is 13.1. The second-order valence-corrected chi connectivity index (χ2v) is 10.1. The van der Waals surface area contributed by atoms with Gasteiger partial charge in [0.05, 0.1) is 33.1 Å². The van der Waals surface area contributed by atoms with Crippen molar-refractivity contribution >= 4 is 50.3 Å². The number of hydrogen-bond acceptors (Lipinski definition) is 8. The summed E-state index contributed by atoms with van der Waals surface area (Å²) >= 11 is 0. The fourth-order valence-electron chi connectivity index (χ4n) is 5.45. The van der Waals surface area contributed by atoms with E-state index in [-0.39, 0.29) is 22.5 Å². The highest BCUT2D eigenvalue weighted by Crippen LogP contribution is 2.42. The van der Waals surface area contributed by atoms with E-state index in [0.717, 1.165) is 6.07 Å². The average molecular weight is 564 g/mol. The normalized spacial score (nSPS) is 14.2. The minimum Gasteiger partial charge on any atom is -0.477 e. The van der Waals surface area contributed by atoms with Gasteiger partial charge in [0.25, 0.3) is 0 Å². The van der Waals surface area contributed by atoms with Crippen LogP contribution in [-0.4, -0.2) is 71.1 Å². The number of nitrogens with one attached hydrogen (secondary N) is 3. The molecule has 13 heteroatoms. The summed E-state index contributed by atoms with van der Waals surface area (Å²) in [6.07, 6.45) is 5.77. The fraction of sp³-hybridized carbons (Fsp3) is 0.286. The van der Waals surface area contributed by atoms with E-state index < -0.39 is 28.6 Å². The number of carboxylic acids is 1. The summed E-state index contributed by atoms with van der Waals surface area (Å²) in [4.78, 5) is 39.2. The molecule has 212 valence electrons. The second-order valence-electron chi connectivity index (χ2n) is 10.1. The van der Waals surface area contributed by atoms with Gasteiger partial charge < -0.3 is 30.5 Å². The molecule has 1 aromatic carbocycles. The quantitative estimate of drug-likeness (QED) is 0.242. The van der Waals surface area contributed by atoms with Crippen molar-refractivity contribution in [2.24, 2.45) is 0 Å². The molecule has 0 bridgehead atoms. The number of benzene rings is 1. The maximum Gasteiger partial charge on any atom is 0.341 e. The molecule has 4 N–H and O–H groups in total. The van der Waals surface area contributed by atoms with Gasteiger partial charge >= 0.3 is 5.97 Å². The number of halogens is 2. The van der Waals surface area contributed by atoms with E-state index in [9.17, 15) is 19.1 Å². The molecule has 4 aromatic heterocycles. The highest BCUT2D eigenvalue weighted by molar-refractivity contribution is 6.18. The Morgan fingerprint density at radius 1 is 1.17 bits per heavy atom. The maximum absolute atomic E-state index is 15.3. The number of fused-ring (bicyclic) bond motifs is 4. The van der Waals surface area contributed by atoms with Gasteiger partial charge in [-0.25, -0.2) is 28.2 Å². The minimum absolute atomic E-state index is 0.00388. The van der Waals surface area contributed by atoms with E-state index in [2.05, 4.69) is 25.7 Å². The highest BCUT2D eigenvalue weighted by Gasteiger charge is 2.24. The number of pyridine rings is 3. The molecule has 41 heavy (non-hydrogen) atoms. The fourth-order valence-corrected chi connectivity index (χ4v) is 5.45. The van der Waals surface area contributed by atoms with E-state index in [1.165, 1.54) is 10.9 Å². The number of ether oxygens (including phenoxy) is 1. The third kappa shape index (κ3) is 4.29. The smallest absolute Gasteiger partial charge is 0.341 e. The number of H-pyrrole nitrogens is 1. The van der Waals surface area contributed by atoms with Gasteiger partial charge in [0.15, 0.2) is 17.3 Å². The molecule has 0 unspecified atom stereocenters. The van der Waals surface area contributed by atoms with Gasteiger partial charge in [0.2, 0.25) is 5.43 Å². The lowest BCUT2D eigenvalue weighted by Gasteiger charge is -2.26. The van der Waals surface area contributed by atoms with Gasteiger partial charge in [-0.1, -0.05) is 0 Å². The van der Waals surface area contributed by atoms with Crippen LogP contribution in [0.25, 0.3) is 44.1 Å². The predicted octanol–water partition coefficient (Wildman–Crippen LogP) is 3.90. The molecule has 5 aromatic rings. The first kappa shape index (κ1) is 26.4. The van der Waals surface area contributed by atoms with Crippen molar-refractivity contribution in [3.63, 3.8) is 0 Å². The maximum atomic E-state index is 15.3. The summed E-state index contributed by atoms with van der Waals surface area (Å²) in [5.41, 5.74) is 4.96. The van der Waals surface area contributed by atoms with E-state index >= 15 is 4.39 Å². The molecule has 0 radical (unpaired) electrons. The molecular formula is C28H27F2N7O4. The van der Waals surface area contributed by atoms with Crippen LogP contribution in [0.5, 0.6) is 0 Å². The van der Waals surface area contributed by atoms with Gasteiger partial charge in [-0.2, -0.15) is 0 Å². The molecule has 1 saturated heterocycles. The minimum atomic E-state index is -1.36. The molecule has 1 fully saturated rings. The first-order chi connectivity index (χ1) is 19.7. The summed E-state index contributed by atoms with van der Waals surface area (Å²) in [6, 6.07) is 2.64. The number of aromatic carboxylic acids is 1. The third-order valence-electron chi connectivity index (χ3n) is 7.41. The molecule has 0 saturated carbocycles. The molecule has 0 atom stereocenters. The summed E-state index contributed by atoms with van der Waals surface area (Å²) in [6.45, 7) is 1.13. The van der Waals surface area contributed by atoms with Crippen molar-refractivity contribution in [3.05, 3.63) is 58.1 Å². The Balaban J connectivity index is 1.61. The van der Waals surface area contributed by atoms with Crippen LogP contribution in [0.3, 0.4) is 0 Å². The van der Waals surface area contributed by atoms with Crippen molar-refractivity contribution in [2.45, 2.75) is 18.9 Å². The lowest BCUT2D eigenvalue weighted by molar-refractivity contribution is 0.0694. The molecule has 5 heterocycles. The topological polar surface area (TPSA) is 137 Å². The van der Waals surface area contributed by atoms with Crippen LogP contribution >= 0.6 is 0 Å². The molecule has 11 nitrogen and oxygen atoms in total. The van der Waals surface area contributed by atoms with Gasteiger partial charge in [0, 0.05) is 76.2 Å². The van der Waals surface area contributed by atoms with Crippen molar-refractivity contribution in [2.75, 3.05) is 50.0 Å². The zero-order chi connectivity index (χ0) is 29.0. The zero-order valence-corrected chi connectivity index (χ0v) is 22.5. The number of nitrogens with zero attached hydrogens (tertiary/aromatic N) is 4. The van der Waals surface area contributed by atoms with Crippen LogP contribution in [0.4, 0.5) is 20.2 Å². The third-order valence-corrected chi connectivity index (χ3v) is 7.41. The van der Waals surface area contributed by atoms with Crippen molar-refractivity contribution < 1.29 is 23.4 Å². The number of aromatic amines is 1. The van der Waals surface area contributed by atoms with Crippen molar-refractivity contribution in [1.29, 1.82) is 0 Å².